The maximum atomic E-state index is 11.5. The highest BCUT2D eigenvalue weighted by molar-refractivity contribution is 6.30. The minimum Gasteiger partial charge on any atom is -0.367 e. The second-order valence-electron chi connectivity index (χ2n) is 6.39. The zero-order chi connectivity index (χ0) is 16.2. The van der Waals surface area contributed by atoms with Gasteiger partial charge in [0.15, 0.2) is 0 Å². The van der Waals surface area contributed by atoms with Crippen LogP contribution in [0.25, 0.3) is 0 Å². The summed E-state index contributed by atoms with van der Waals surface area (Å²) in [7, 11) is 0. The minimum atomic E-state index is -0.494. The van der Waals surface area contributed by atoms with Gasteiger partial charge in [0, 0.05) is 23.7 Å². The molecule has 0 aliphatic carbocycles. The first-order valence-electron chi connectivity index (χ1n) is 8.25. The fraction of sp³-hybridized carbons (Fsp3) is 0.588. The Labute approximate surface area is 142 Å². The Morgan fingerprint density at radius 3 is 2.65 bits per heavy atom. The van der Waals surface area contributed by atoms with Gasteiger partial charge in [0.2, 0.25) is 5.91 Å². The smallest absolute Gasteiger partial charge is 0.247 e. The zero-order valence-electron chi connectivity index (χ0n) is 13.2. The molecule has 0 bridgehead atoms. The van der Waals surface area contributed by atoms with Crippen LogP contribution in [0.1, 0.15) is 18.4 Å². The van der Waals surface area contributed by atoms with E-state index in [1.807, 2.05) is 12.1 Å². The maximum Gasteiger partial charge on any atom is 0.247 e. The Balaban J connectivity index is 1.72. The number of nitrogens with zero attached hydrogens (tertiary/aromatic N) is 1. The van der Waals surface area contributed by atoms with Crippen LogP contribution in [-0.2, 0) is 16.0 Å². The molecule has 0 radical (unpaired) electrons. The number of amides is 1. The SMILES string of the molecule is NC(=O)C1CN(C2CCNCC2)[C@@H](Cc2ccc(Cl)cc2)CO1. The highest BCUT2D eigenvalue weighted by atomic mass is 35.5. The number of carbonyl (C=O) groups excluding carboxylic acids is 1. The lowest BCUT2D eigenvalue weighted by Gasteiger charge is -2.44. The third-order valence-corrected chi connectivity index (χ3v) is 5.07. The van der Waals surface area contributed by atoms with Gasteiger partial charge in [-0.3, -0.25) is 9.69 Å². The number of benzene rings is 1. The Kier molecular flexibility index (Phi) is 5.54. The van der Waals surface area contributed by atoms with Crippen LogP contribution in [0, 0.1) is 0 Å². The fourth-order valence-corrected chi connectivity index (χ4v) is 3.67. The fourth-order valence-electron chi connectivity index (χ4n) is 3.54. The molecule has 1 amide bonds. The number of halogens is 1. The van der Waals surface area contributed by atoms with E-state index >= 15 is 0 Å². The van der Waals surface area contributed by atoms with E-state index in [0.29, 0.717) is 19.2 Å². The number of primary amides is 1. The summed E-state index contributed by atoms with van der Waals surface area (Å²) in [4.78, 5) is 14.0. The van der Waals surface area contributed by atoms with E-state index in [1.165, 1.54) is 5.56 Å². The van der Waals surface area contributed by atoms with Crippen molar-refractivity contribution >= 4 is 17.5 Å². The molecule has 2 heterocycles. The average Bonchev–Trinajstić information content (AvgIpc) is 2.58. The normalized spacial score (nSPS) is 27.0. The lowest BCUT2D eigenvalue weighted by atomic mass is 9.97. The van der Waals surface area contributed by atoms with Crippen LogP contribution in [0.3, 0.4) is 0 Å². The standard InChI is InChI=1S/C17H24ClN3O2/c18-13-3-1-12(2-4-13)9-15-11-23-16(17(19)22)10-21(15)14-5-7-20-8-6-14/h1-4,14-16,20H,5-11H2,(H2,19,22)/t15-,16?/m0/s1. The molecule has 2 aliphatic heterocycles. The largest absolute Gasteiger partial charge is 0.367 e. The molecular weight excluding hydrogens is 314 g/mol. The van der Waals surface area contributed by atoms with E-state index in [0.717, 1.165) is 37.4 Å². The minimum absolute atomic E-state index is 0.273. The Morgan fingerprint density at radius 1 is 1.30 bits per heavy atom. The molecule has 2 fully saturated rings. The highest BCUT2D eigenvalue weighted by Gasteiger charge is 2.36. The molecule has 2 aliphatic rings. The van der Waals surface area contributed by atoms with Crippen LogP contribution in [-0.4, -0.2) is 55.2 Å². The Bertz CT molecular complexity index is 531. The molecule has 3 rings (SSSR count). The van der Waals surface area contributed by atoms with E-state index in [9.17, 15) is 4.79 Å². The van der Waals surface area contributed by atoms with E-state index in [1.54, 1.807) is 0 Å². The van der Waals surface area contributed by atoms with Gasteiger partial charge >= 0.3 is 0 Å². The van der Waals surface area contributed by atoms with Gasteiger partial charge in [-0.15, -0.1) is 0 Å². The van der Waals surface area contributed by atoms with Gasteiger partial charge in [-0.1, -0.05) is 23.7 Å². The van der Waals surface area contributed by atoms with Crippen molar-refractivity contribution in [3.05, 3.63) is 34.9 Å². The number of hydrogen-bond donors (Lipinski definition) is 2. The monoisotopic (exact) mass is 337 g/mol. The van der Waals surface area contributed by atoms with Crippen molar-refractivity contribution in [2.45, 2.75) is 37.5 Å². The van der Waals surface area contributed by atoms with Crippen molar-refractivity contribution in [3.8, 4) is 0 Å². The molecular formula is C17H24ClN3O2. The molecule has 2 saturated heterocycles. The third-order valence-electron chi connectivity index (χ3n) is 4.82. The first-order chi connectivity index (χ1) is 11.1. The van der Waals surface area contributed by atoms with Gasteiger partial charge in [-0.05, 0) is 50.0 Å². The molecule has 0 spiro atoms. The molecule has 2 atom stereocenters. The predicted molar refractivity (Wildman–Crippen MR) is 90.5 cm³/mol. The molecule has 1 aromatic rings. The lowest BCUT2D eigenvalue weighted by molar-refractivity contribution is -0.141. The van der Waals surface area contributed by atoms with Crippen molar-refractivity contribution in [1.82, 2.24) is 10.2 Å². The van der Waals surface area contributed by atoms with Gasteiger partial charge in [-0.2, -0.15) is 0 Å². The number of ether oxygens (including phenoxy) is 1. The summed E-state index contributed by atoms with van der Waals surface area (Å²) in [5.41, 5.74) is 6.69. The number of morpholine rings is 1. The van der Waals surface area contributed by atoms with Crippen molar-refractivity contribution in [2.75, 3.05) is 26.2 Å². The number of nitrogens with two attached hydrogens (primary N) is 1. The quantitative estimate of drug-likeness (QED) is 0.866. The van der Waals surface area contributed by atoms with Crippen molar-refractivity contribution in [3.63, 3.8) is 0 Å². The van der Waals surface area contributed by atoms with Gasteiger partial charge < -0.3 is 15.8 Å². The maximum absolute atomic E-state index is 11.5. The molecule has 1 unspecified atom stereocenters. The molecule has 23 heavy (non-hydrogen) atoms. The van der Waals surface area contributed by atoms with Gasteiger partial charge in [0.25, 0.3) is 0 Å². The van der Waals surface area contributed by atoms with E-state index in [4.69, 9.17) is 22.1 Å². The van der Waals surface area contributed by atoms with Crippen LogP contribution in [0.5, 0.6) is 0 Å². The zero-order valence-corrected chi connectivity index (χ0v) is 14.0. The van der Waals surface area contributed by atoms with Crippen LogP contribution in [0.4, 0.5) is 0 Å². The summed E-state index contributed by atoms with van der Waals surface area (Å²) in [6.45, 7) is 3.19. The lowest BCUT2D eigenvalue weighted by Crippen LogP contribution is -2.59. The third kappa shape index (κ3) is 4.23. The molecule has 6 heteroatoms. The summed E-state index contributed by atoms with van der Waals surface area (Å²) in [6, 6.07) is 8.71. The Morgan fingerprint density at radius 2 is 2.00 bits per heavy atom. The molecule has 126 valence electrons. The van der Waals surface area contributed by atoms with Crippen LogP contribution < -0.4 is 11.1 Å². The van der Waals surface area contributed by atoms with Crippen LogP contribution in [0.2, 0.25) is 5.02 Å². The van der Waals surface area contributed by atoms with Gasteiger partial charge in [0.05, 0.1) is 6.61 Å². The summed E-state index contributed by atoms with van der Waals surface area (Å²) in [5, 5.41) is 4.14. The molecule has 3 N–H and O–H groups in total. The Hall–Kier alpha value is -1.14. The van der Waals surface area contributed by atoms with Crippen molar-refractivity contribution in [2.24, 2.45) is 5.73 Å². The number of carbonyl (C=O) groups is 1. The molecule has 0 aromatic heterocycles. The number of rotatable bonds is 4. The average molecular weight is 338 g/mol. The summed E-state index contributed by atoms with van der Waals surface area (Å²) < 4.78 is 5.71. The highest BCUT2D eigenvalue weighted by Crippen LogP contribution is 2.23. The van der Waals surface area contributed by atoms with E-state index in [2.05, 4.69) is 22.3 Å². The van der Waals surface area contributed by atoms with E-state index < -0.39 is 6.10 Å². The first-order valence-corrected chi connectivity index (χ1v) is 8.63. The summed E-state index contributed by atoms with van der Waals surface area (Å²) >= 11 is 5.97. The van der Waals surface area contributed by atoms with Crippen LogP contribution in [0.15, 0.2) is 24.3 Å². The first kappa shape index (κ1) is 16.7. The predicted octanol–water partition coefficient (Wildman–Crippen LogP) is 1.19. The van der Waals surface area contributed by atoms with Gasteiger partial charge in [-0.25, -0.2) is 0 Å². The molecule has 5 nitrogen and oxygen atoms in total. The summed E-state index contributed by atoms with van der Waals surface area (Å²) in [5.74, 6) is -0.367. The van der Waals surface area contributed by atoms with Gasteiger partial charge in [0.1, 0.15) is 6.10 Å². The topological polar surface area (TPSA) is 67.6 Å². The number of hydrogen-bond acceptors (Lipinski definition) is 4. The second kappa shape index (κ2) is 7.62. The van der Waals surface area contributed by atoms with Crippen molar-refractivity contribution < 1.29 is 9.53 Å². The number of nitrogens with one attached hydrogen (secondary N) is 1. The molecule has 1 aromatic carbocycles. The molecule has 0 saturated carbocycles. The number of piperidine rings is 1. The van der Waals surface area contributed by atoms with E-state index in [-0.39, 0.29) is 11.9 Å². The van der Waals surface area contributed by atoms with Crippen molar-refractivity contribution in [1.29, 1.82) is 0 Å². The second-order valence-corrected chi connectivity index (χ2v) is 6.82. The summed E-state index contributed by atoms with van der Waals surface area (Å²) in [6.07, 6.45) is 2.60. The van der Waals surface area contributed by atoms with Crippen LogP contribution >= 0.6 is 11.6 Å².